The molecule has 1 heterocycles. The summed E-state index contributed by atoms with van der Waals surface area (Å²) in [4.78, 5) is 0. The fourth-order valence-corrected chi connectivity index (χ4v) is 1.77. The van der Waals surface area contributed by atoms with Crippen LogP contribution >= 0.6 is 0 Å². The van der Waals surface area contributed by atoms with E-state index in [0.717, 1.165) is 17.5 Å². The van der Waals surface area contributed by atoms with E-state index in [0.29, 0.717) is 6.54 Å². The number of furan rings is 1. The van der Waals surface area contributed by atoms with Crippen LogP contribution in [0.4, 0.5) is 4.39 Å². The minimum Gasteiger partial charge on any atom is -0.472 e. The zero-order chi connectivity index (χ0) is 11.4. The summed E-state index contributed by atoms with van der Waals surface area (Å²) in [6, 6.07) is 8.42. The van der Waals surface area contributed by atoms with Crippen molar-refractivity contribution in [1.82, 2.24) is 0 Å². The van der Waals surface area contributed by atoms with E-state index < -0.39 is 0 Å². The van der Waals surface area contributed by atoms with E-state index in [9.17, 15) is 4.39 Å². The first-order chi connectivity index (χ1) is 7.79. The van der Waals surface area contributed by atoms with Gasteiger partial charge in [0.1, 0.15) is 5.82 Å². The maximum absolute atomic E-state index is 12.8. The van der Waals surface area contributed by atoms with Crippen molar-refractivity contribution in [2.24, 2.45) is 5.73 Å². The zero-order valence-electron chi connectivity index (χ0n) is 8.90. The molecule has 0 saturated carbocycles. The molecule has 0 aliphatic carbocycles. The summed E-state index contributed by atoms with van der Waals surface area (Å²) in [5.41, 5.74) is 7.91. The first kappa shape index (κ1) is 10.9. The van der Waals surface area contributed by atoms with Gasteiger partial charge in [0.2, 0.25) is 0 Å². The minimum atomic E-state index is -0.220. The number of hydrogen-bond donors (Lipinski definition) is 1. The molecule has 0 bridgehead atoms. The fraction of sp³-hybridized carbons (Fsp3) is 0.231. The topological polar surface area (TPSA) is 39.2 Å². The second kappa shape index (κ2) is 4.94. The highest BCUT2D eigenvalue weighted by Gasteiger charge is 2.11. The predicted molar refractivity (Wildman–Crippen MR) is 60.6 cm³/mol. The Hall–Kier alpha value is -1.61. The van der Waals surface area contributed by atoms with Crippen molar-refractivity contribution in [3.05, 3.63) is 59.8 Å². The molecule has 2 N–H and O–H groups in total. The maximum Gasteiger partial charge on any atom is 0.123 e. The lowest BCUT2D eigenvalue weighted by Crippen LogP contribution is -2.14. The smallest absolute Gasteiger partial charge is 0.123 e. The highest BCUT2D eigenvalue weighted by atomic mass is 19.1. The second-order valence-electron chi connectivity index (χ2n) is 3.82. The number of halogens is 1. The normalized spacial score (nSPS) is 12.6. The van der Waals surface area contributed by atoms with Gasteiger partial charge in [0, 0.05) is 5.92 Å². The van der Waals surface area contributed by atoms with Crippen LogP contribution in [-0.2, 0) is 6.42 Å². The minimum absolute atomic E-state index is 0.207. The summed E-state index contributed by atoms with van der Waals surface area (Å²) in [6.07, 6.45) is 4.18. The van der Waals surface area contributed by atoms with E-state index >= 15 is 0 Å². The van der Waals surface area contributed by atoms with Gasteiger partial charge in [0.15, 0.2) is 0 Å². The molecule has 1 aromatic heterocycles. The van der Waals surface area contributed by atoms with Crippen LogP contribution < -0.4 is 5.73 Å². The monoisotopic (exact) mass is 219 g/mol. The Balaban J connectivity index is 2.13. The summed E-state index contributed by atoms with van der Waals surface area (Å²) < 4.78 is 17.8. The highest BCUT2D eigenvalue weighted by molar-refractivity contribution is 5.23. The Kier molecular flexibility index (Phi) is 3.37. The van der Waals surface area contributed by atoms with Crippen LogP contribution in [-0.4, -0.2) is 6.54 Å². The Bertz CT molecular complexity index is 422. The maximum atomic E-state index is 12.8. The van der Waals surface area contributed by atoms with E-state index in [4.69, 9.17) is 10.2 Å². The third kappa shape index (κ3) is 2.49. The summed E-state index contributed by atoms with van der Waals surface area (Å²) in [7, 11) is 0. The van der Waals surface area contributed by atoms with Gasteiger partial charge < -0.3 is 10.2 Å². The number of hydrogen-bond acceptors (Lipinski definition) is 2. The molecule has 0 spiro atoms. The van der Waals surface area contributed by atoms with Crippen molar-refractivity contribution in [3.8, 4) is 0 Å². The zero-order valence-corrected chi connectivity index (χ0v) is 8.90. The molecule has 1 aromatic carbocycles. The molecule has 0 saturated heterocycles. The Morgan fingerprint density at radius 1 is 1.19 bits per heavy atom. The van der Waals surface area contributed by atoms with Gasteiger partial charge in [0.05, 0.1) is 12.5 Å². The number of rotatable bonds is 4. The molecule has 2 aromatic rings. The quantitative estimate of drug-likeness (QED) is 0.858. The molecule has 0 aliphatic rings. The largest absolute Gasteiger partial charge is 0.472 e. The Morgan fingerprint density at radius 3 is 2.50 bits per heavy atom. The summed E-state index contributed by atoms with van der Waals surface area (Å²) in [6.45, 7) is 0.539. The van der Waals surface area contributed by atoms with E-state index in [2.05, 4.69) is 0 Å². The SMILES string of the molecule is NCC(Cc1ccoc1)c1ccc(F)cc1. The van der Waals surface area contributed by atoms with Gasteiger partial charge in [-0.05, 0) is 42.3 Å². The van der Waals surface area contributed by atoms with Crippen molar-refractivity contribution in [2.45, 2.75) is 12.3 Å². The van der Waals surface area contributed by atoms with Crippen LogP contribution in [0.15, 0.2) is 47.3 Å². The highest BCUT2D eigenvalue weighted by Crippen LogP contribution is 2.20. The van der Waals surface area contributed by atoms with Crippen molar-refractivity contribution >= 4 is 0 Å². The average Bonchev–Trinajstić information content (AvgIpc) is 2.80. The van der Waals surface area contributed by atoms with Gasteiger partial charge >= 0.3 is 0 Å². The molecular formula is C13H14FNO. The van der Waals surface area contributed by atoms with E-state index in [1.807, 2.05) is 6.07 Å². The Morgan fingerprint density at radius 2 is 1.94 bits per heavy atom. The molecule has 0 radical (unpaired) electrons. The molecule has 1 atom stereocenters. The van der Waals surface area contributed by atoms with Crippen LogP contribution in [0, 0.1) is 5.82 Å². The summed E-state index contributed by atoms with van der Waals surface area (Å²) in [5.74, 6) is -0.0129. The molecule has 1 unspecified atom stereocenters. The van der Waals surface area contributed by atoms with Crippen molar-refractivity contribution in [1.29, 1.82) is 0 Å². The fourth-order valence-electron chi connectivity index (χ4n) is 1.77. The number of nitrogens with two attached hydrogens (primary N) is 1. The molecule has 84 valence electrons. The molecule has 2 rings (SSSR count). The van der Waals surface area contributed by atoms with Crippen molar-refractivity contribution < 1.29 is 8.81 Å². The lowest BCUT2D eigenvalue weighted by Gasteiger charge is -2.13. The summed E-state index contributed by atoms with van der Waals surface area (Å²) in [5, 5.41) is 0. The van der Waals surface area contributed by atoms with Gasteiger partial charge in [0.25, 0.3) is 0 Å². The van der Waals surface area contributed by atoms with Crippen LogP contribution in [0.5, 0.6) is 0 Å². The predicted octanol–water partition coefficient (Wildman–Crippen LogP) is 2.70. The van der Waals surface area contributed by atoms with Crippen LogP contribution in [0.1, 0.15) is 17.0 Å². The molecule has 0 fully saturated rings. The van der Waals surface area contributed by atoms with Crippen LogP contribution in [0.25, 0.3) is 0 Å². The third-order valence-corrected chi connectivity index (χ3v) is 2.69. The van der Waals surface area contributed by atoms with Gasteiger partial charge in [-0.15, -0.1) is 0 Å². The standard InChI is InChI=1S/C13H14FNO/c14-13-3-1-11(2-4-13)12(8-15)7-10-5-6-16-9-10/h1-6,9,12H,7-8,15H2. The van der Waals surface area contributed by atoms with Crippen molar-refractivity contribution in [2.75, 3.05) is 6.54 Å². The summed E-state index contributed by atoms with van der Waals surface area (Å²) >= 11 is 0. The van der Waals surface area contributed by atoms with Crippen molar-refractivity contribution in [3.63, 3.8) is 0 Å². The molecule has 0 amide bonds. The van der Waals surface area contributed by atoms with Crippen LogP contribution in [0.2, 0.25) is 0 Å². The first-order valence-corrected chi connectivity index (χ1v) is 5.26. The third-order valence-electron chi connectivity index (χ3n) is 2.69. The Labute approximate surface area is 93.9 Å². The lowest BCUT2D eigenvalue weighted by atomic mass is 9.93. The molecular weight excluding hydrogens is 205 g/mol. The van der Waals surface area contributed by atoms with Gasteiger partial charge in [-0.1, -0.05) is 12.1 Å². The van der Waals surface area contributed by atoms with Gasteiger partial charge in [-0.3, -0.25) is 0 Å². The first-order valence-electron chi connectivity index (χ1n) is 5.26. The molecule has 2 nitrogen and oxygen atoms in total. The van der Waals surface area contributed by atoms with Gasteiger partial charge in [-0.25, -0.2) is 4.39 Å². The second-order valence-corrected chi connectivity index (χ2v) is 3.82. The molecule has 3 heteroatoms. The van der Waals surface area contributed by atoms with Gasteiger partial charge in [-0.2, -0.15) is 0 Å². The van der Waals surface area contributed by atoms with E-state index in [1.54, 1.807) is 24.7 Å². The van der Waals surface area contributed by atoms with Crippen LogP contribution in [0.3, 0.4) is 0 Å². The molecule has 0 aliphatic heterocycles. The van der Waals surface area contributed by atoms with E-state index in [-0.39, 0.29) is 11.7 Å². The average molecular weight is 219 g/mol. The lowest BCUT2D eigenvalue weighted by molar-refractivity contribution is 0.560. The number of benzene rings is 1. The van der Waals surface area contributed by atoms with E-state index in [1.165, 1.54) is 12.1 Å². The molecule has 16 heavy (non-hydrogen) atoms.